The molecule has 1 saturated carbocycles. The van der Waals surface area contributed by atoms with Crippen LogP contribution in [0.2, 0.25) is 0 Å². The Bertz CT molecular complexity index is 1420. The summed E-state index contributed by atoms with van der Waals surface area (Å²) < 4.78 is 20.7. The summed E-state index contributed by atoms with van der Waals surface area (Å²) in [4.78, 5) is 69.3. The van der Waals surface area contributed by atoms with Gasteiger partial charge in [-0.15, -0.1) is 0 Å². The zero-order chi connectivity index (χ0) is 29.2. The first-order valence-corrected chi connectivity index (χ1v) is 14.2. The van der Waals surface area contributed by atoms with Gasteiger partial charge >= 0.3 is 11.9 Å². The van der Waals surface area contributed by atoms with Crippen LogP contribution in [0, 0.1) is 17.7 Å². The Hall–Kier alpha value is -3.71. The zero-order valence-corrected chi connectivity index (χ0v) is 23.1. The standard InChI is InChI=1S/C28H29FN4O7S/c1-2-14-21-17(12-41)16(22(27(37)38)33(21)26(14)36)11-40-28(39)23-25(35)24(34)15-9-18(29)20(31-7-5-30-6-8-31)10-19(15)32(23)13-3-4-13/h9-10,12-14,17,21,23,30H,2-8,11H2,1H3,(H,37,38)/t14-,17+,21+,23?/m1/s1. The number of thiocarbonyl (C=S) groups is 1. The zero-order valence-electron chi connectivity index (χ0n) is 22.3. The van der Waals surface area contributed by atoms with Crippen molar-refractivity contribution in [1.82, 2.24) is 10.2 Å². The summed E-state index contributed by atoms with van der Waals surface area (Å²) in [5.41, 5.74) is 0.401. The molecular formula is C28H29FN4O7S. The molecule has 6 rings (SSSR count). The third-order valence-electron chi connectivity index (χ3n) is 8.70. The highest BCUT2D eigenvalue weighted by Crippen LogP contribution is 2.47. The van der Waals surface area contributed by atoms with E-state index in [1.165, 1.54) is 16.3 Å². The van der Waals surface area contributed by atoms with Gasteiger partial charge in [-0.1, -0.05) is 19.1 Å². The average Bonchev–Trinajstić information content (AvgIpc) is 3.76. The number of carbonyl (C=O) groups is 5. The average molecular weight is 585 g/mol. The van der Waals surface area contributed by atoms with Crippen molar-refractivity contribution in [3.05, 3.63) is 34.8 Å². The number of nitrogens with zero attached hydrogens (tertiary/aromatic N) is 3. The number of benzene rings is 1. The number of halogens is 1. The van der Waals surface area contributed by atoms with Crippen LogP contribution in [0.5, 0.6) is 0 Å². The molecule has 41 heavy (non-hydrogen) atoms. The van der Waals surface area contributed by atoms with E-state index in [0.717, 1.165) is 6.07 Å². The number of hydrogen-bond donors (Lipinski definition) is 2. The van der Waals surface area contributed by atoms with Crippen LogP contribution < -0.4 is 15.1 Å². The number of anilines is 2. The second-order valence-corrected chi connectivity index (χ2v) is 11.2. The Morgan fingerprint density at radius 2 is 1.88 bits per heavy atom. The predicted octanol–water partition coefficient (Wildman–Crippen LogP) is 1.09. The van der Waals surface area contributed by atoms with Crippen molar-refractivity contribution in [2.45, 2.75) is 44.3 Å². The number of carboxylic acids is 1. The normalized spacial score (nSPS) is 27.5. The smallest absolute Gasteiger partial charge is 0.352 e. The summed E-state index contributed by atoms with van der Waals surface area (Å²) in [7, 11) is 0. The van der Waals surface area contributed by atoms with Gasteiger partial charge in [0, 0.05) is 43.7 Å². The van der Waals surface area contributed by atoms with Crippen LogP contribution in [0.25, 0.3) is 0 Å². The fourth-order valence-electron chi connectivity index (χ4n) is 6.57. The number of ether oxygens (including phenoxy) is 1. The van der Waals surface area contributed by atoms with Gasteiger partial charge < -0.3 is 29.9 Å². The third-order valence-corrected chi connectivity index (χ3v) is 8.99. The SMILES string of the molecule is CC[C@H]1C(=O)N2C(C(=O)O)=C(COC(=O)C3C(=O)C(=O)c4cc(F)c(N5CCNCC5)cc4N3C3CC3)[C@H](C=S)[C@H]12. The lowest BCUT2D eigenvalue weighted by Crippen LogP contribution is -2.60. The van der Waals surface area contributed by atoms with Gasteiger partial charge in [-0.3, -0.25) is 14.4 Å². The quantitative estimate of drug-likeness (QED) is 0.149. The number of hydrogen-bond acceptors (Lipinski definition) is 10. The molecule has 3 fully saturated rings. The van der Waals surface area contributed by atoms with Crippen molar-refractivity contribution in [3.8, 4) is 0 Å². The lowest BCUT2D eigenvalue weighted by atomic mass is 9.79. The molecule has 0 bridgehead atoms. The largest absolute Gasteiger partial charge is 0.477 e. The van der Waals surface area contributed by atoms with Crippen molar-refractivity contribution in [2.75, 3.05) is 42.6 Å². The number of carbonyl (C=O) groups excluding carboxylic acids is 4. The van der Waals surface area contributed by atoms with Crippen molar-refractivity contribution < 1.29 is 38.2 Å². The van der Waals surface area contributed by atoms with Gasteiger partial charge in [-0.05, 0) is 36.8 Å². The van der Waals surface area contributed by atoms with E-state index in [9.17, 15) is 29.1 Å². The fourth-order valence-corrected chi connectivity index (χ4v) is 6.89. The maximum absolute atomic E-state index is 15.1. The van der Waals surface area contributed by atoms with Crippen LogP contribution in [-0.4, -0.2) is 95.7 Å². The fraction of sp³-hybridized carbons (Fsp3) is 0.500. The van der Waals surface area contributed by atoms with Gasteiger partial charge in [0.15, 0.2) is 6.04 Å². The Morgan fingerprint density at radius 3 is 2.49 bits per heavy atom. The highest BCUT2D eigenvalue weighted by atomic mass is 32.1. The molecule has 13 heteroatoms. The van der Waals surface area contributed by atoms with E-state index in [1.54, 1.807) is 4.90 Å². The first-order chi connectivity index (χ1) is 19.7. The number of esters is 1. The Kier molecular flexibility index (Phi) is 6.89. The molecule has 0 radical (unpaired) electrons. The number of rotatable bonds is 8. The molecular weight excluding hydrogens is 555 g/mol. The second-order valence-electron chi connectivity index (χ2n) is 11.0. The number of ketones is 2. The predicted molar refractivity (Wildman–Crippen MR) is 147 cm³/mol. The molecule has 1 aliphatic carbocycles. The van der Waals surface area contributed by atoms with Crippen LogP contribution >= 0.6 is 12.2 Å². The van der Waals surface area contributed by atoms with Crippen molar-refractivity contribution in [3.63, 3.8) is 0 Å². The van der Waals surface area contributed by atoms with Crippen LogP contribution in [0.4, 0.5) is 15.8 Å². The van der Waals surface area contributed by atoms with Gasteiger partial charge in [0.1, 0.15) is 18.1 Å². The molecule has 216 valence electrons. The van der Waals surface area contributed by atoms with Gasteiger partial charge in [-0.2, -0.15) is 0 Å². The first-order valence-electron chi connectivity index (χ1n) is 13.8. The molecule has 0 aromatic heterocycles. The molecule has 11 nitrogen and oxygen atoms in total. The summed E-state index contributed by atoms with van der Waals surface area (Å²) in [6, 6.07) is 0.332. The van der Waals surface area contributed by atoms with E-state index in [2.05, 4.69) is 5.32 Å². The Morgan fingerprint density at radius 1 is 1.17 bits per heavy atom. The number of Topliss-reactive ketones (excluding diaryl/α,β-unsaturated/α-hetero) is 2. The molecule has 5 aliphatic rings. The van der Waals surface area contributed by atoms with Crippen molar-refractivity contribution in [2.24, 2.45) is 11.8 Å². The molecule has 4 aliphatic heterocycles. The van der Waals surface area contributed by atoms with Gasteiger partial charge in [-0.25, -0.2) is 14.0 Å². The monoisotopic (exact) mass is 584 g/mol. The maximum atomic E-state index is 15.1. The molecule has 0 spiro atoms. The van der Waals surface area contributed by atoms with Crippen LogP contribution in [0.3, 0.4) is 0 Å². The molecule has 1 amide bonds. The Labute approximate surface area is 240 Å². The number of carboxylic acid groups (broad SMARTS) is 1. The minimum atomic E-state index is -1.59. The van der Waals surface area contributed by atoms with Gasteiger partial charge in [0.05, 0.1) is 28.9 Å². The van der Waals surface area contributed by atoms with Gasteiger partial charge in [0.2, 0.25) is 17.5 Å². The summed E-state index contributed by atoms with van der Waals surface area (Å²) in [5.74, 6) is -6.31. The van der Waals surface area contributed by atoms with E-state index in [4.69, 9.17) is 17.0 Å². The molecule has 1 aromatic rings. The number of piperazine rings is 1. The van der Waals surface area contributed by atoms with E-state index in [0.29, 0.717) is 51.1 Å². The van der Waals surface area contributed by atoms with E-state index in [-0.39, 0.29) is 34.5 Å². The Balaban J connectivity index is 1.31. The summed E-state index contributed by atoms with van der Waals surface area (Å²) in [6.45, 7) is 3.75. The number of amides is 1. The topological polar surface area (TPSA) is 137 Å². The molecule has 4 atom stereocenters. The molecule has 1 aromatic carbocycles. The number of aliphatic carboxylic acids is 1. The minimum absolute atomic E-state index is 0.0942. The third kappa shape index (κ3) is 4.24. The molecule has 2 saturated heterocycles. The highest BCUT2D eigenvalue weighted by molar-refractivity contribution is 7.79. The molecule has 1 unspecified atom stereocenters. The number of fused-ring (bicyclic) bond motifs is 2. The number of nitrogens with one attached hydrogen (secondary N) is 1. The maximum Gasteiger partial charge on any atom is 0.352 e. The van der Waals surface area contributed by atoms with Crippen molar-refractivity contribution in [1.29, 1.82) is 0 Å². The summed E-state index contributed by atoms with van der Waals surface area (Å²) >= 11 is 5.18. The lowest BCUT2D eigenvalue weighted by molar-refractivity contribution is -0.156. The van der Waals surface area contributed by atoms with E-state index in [1.807, 2.05) is 11.8 Å². The van der Waals surface area contributed by atoms with Gasteiger partial charge in [0.25, 0.3) is 0 Å². The van der Waals surface area contributed by atoms with E-state index >= 15 is 4.39 Å². The summed E-state index contributed by atoms with van der Waals surface area (Å²) in [5, 5.41) is 14.5. The lowest BCUT2D eigenvalue weighted by Gasteiger charge is -2.44. The van der Waals surface area contributed by atoms with Crippen LogP contribution in [-0.2, 0) is 23.9 Å². The van der Waals surface area contributed by atoms with E-state index < -0.39 is 59.8 Å². The molecule has 2 N–H and O–H groups in total. The first kappa shape index (κ1) is 27.5. The van der Waals surface area contributed by atoms with Crippen LogP contribution in [0.15, 0.2) is 23.4 Å². The number of β-lactam (4-membered cyclic amide) rings is 1. The summed E-state index contributed by atoms with van der Waals surface area (Å²) in [6.07, 6.45) is 1.84. The minimum Gasteiger partial charge on any atom is -0.477 e. The van der Waals surface area contributed by atoms with Crippen molar-refractivity contribution >= 4 is 58.4 Å². The second kappa shape index (κ2) is 10.3. The highest BCUT2D eigenvalue weighted by Gasteiger charge is 2.59. The molecule has 4 heterocycles. The van der Waals surface area contributed by atoms with Crippen LogP contribution in [0.1, 0.15) is 36.5 Å².